The summed E-state index contributed by atoms with van der Waals surface area (Å²) in [6.45, 7) is 2.60. The fourth-order valence-corrected chi connectivity index (χ4v) is 1.90. The summed E-state index contributed by atoms with van der Waals surface area (Å²) in [6, 6.07) is 16.2. The summed E-state index contributed by atoms with van der Waals surface area (Å²) in [4.78, 5) is 0. The third-order valence-corrected chi connectivity index (χ3v) is 3.00. The molecule has 0 saturated carbocycles. The Morgan fingerprint density at radius 1 is 1.10 bits per heavy atom. The number of halogens is 1. The lowest BCUT2D eigenvalue weighted by Crippen LogP contribution is -1.97. The van der Waals surface area contributed by atoms with E-state index in [1.165, 1.54) is 5.56 Å². The molecular formula is C18H17ClO. The molecule has 0 saturated heterocycles. The fourth-order valence-electron chi connectivity index (χ4n) is 1.81. The molecule has 2 aromatic carbocycles. The molecule has 0 fully saturated rings. The molecule has 0 aliphatic rings. The minimum atomic E-state index is 0.550. The van der Waals surface area contributed by atoms with E-state index in [1.54, 1.807) is 0 Å². The van der Waals surface area contributed by atoms with E-state index in [-0.39, 0.29) is 0 Å². The molecular weight excluding hydrogens is 268 g/mol. The number of rotatable bonds is 4. The van der Waals surface area contributed by atoms with E-state index in [0.29, 0.717) is 18.9 Å². The SMILES string of the molecule is Cc1ccc(OCc2ccccc2)c(C#CCCCl)c1. The molecule has 0 radical (unpaired) electrons. The van der Waals surface area contributed by atoms with Crippen molar-refractivity contribution in [3.05, 3.63) is 65.2 Å². The van der Waals surface area contributed by atoms with Gasteiger partial charge in [-0.25, -0.2) is 0 Å². The van der Waals surface area contributed by atoms with Gasteiger partial charge in [-0.2, -0.15) is 0 Å². The average Bonchev–Trinajstić information content (AvgIpc) is 2.48. The normalized spacial score (nSPS) is 9.70. The molecule has 0 heterocycles. The maximum Gasteiger partial charge on any atom is 0.135 e. The van der Waals surface area contributed by atoms with Gasteiger partial charge in [-0.3, -0.25) is 0 Å². The summed E-state index contributed by atoms with van der Waals surface area (Å²) in [6.07, 6.45) is 0.688. The van der Waals surface area contributed by atoms with Gasteiger partial charge in [0.15, 0.2) is 0 Å². The van der Waals surface area contributed by atoms with Crippen molar-refractivity contribution in [3.8, 4) is 17.6 Å². The lowest BCUT2D eigenvalue weighted by molar-refractivity contribution is 0.305. The minimum absolute atomic E-state index is 0.550. The van der Waals surface area contributed by atoms with Crippen LogP contribution in [0.2, 0.25) is 0 Å². The maximum absolute atomic E-state index is 5.87. The first kappa shape index (κ1) is 14.5. The van der Waals surface area contributed by atoms with Gasteiger partial charge in [0.2, 0.25) is 0 Å². The molecule has 20 heavy (non-hydrogen) atoms. The Morgan fingerprint density at radius 3 is 2.65 bits per heavy atom. The zero-order valence-electron chi connectivity index (χ0n) is 11.5. The molecule has 0 bridgehead atoms. The average molecular weight is 285 g/mol. The summed E-state index contributed by atoms with van der Waals surface area (Å²) in [5.41, 5.74) is 3.24. The van der Waals surface area contributed by atoms with Crippen LogP contribution >= 0.6 is 11.6 Å². The van der Waals surface area contributed by atoms with Crippen LogP contribution in [-0.2, 0) is 6.61 Å². The van der Waals surface area contributed by atoms with Crippen molar-refractivity contribution < 1.29 is 4.74 Å². The van der Waals surface area contributed by atoms with Gasteiger partial charge >= 0.3 is 0 Å². The van der Waals surface area contributed by atoms with E-state index >= 15 is 0 Å². The monoisotopic (exact) mass is 284 g/mol. The highest BCUT2D eigenvalue weighted by Crippen LogP contribution is 2.20. The molecule has 0 aliphatic carbocycles. The topological polar surface area (TPSA) is 9.23 Å². The Hall–Kier alpha value is -1.91. The van der Waals surface area contributed by atoms with Crippen LogP contribution in [0.25, 0.3) is 0 Å². The molecule has 0 aromatic heterocycles. The number of hydrogen-bond donors (Lipinski definition) is 0. The first-order chi connectivity index (χ1) is 9.79. The quantitative estimate of drug-likeness (QED) is 0.591. The summed E-state index contributed by atoms with van der Waals surface area (Å²) >= 11 is 5.65. The van der Waals surface area contributed by atoms with Crippen LogP contribution < -0.4 is 4.74 Å². The Kier molecular flexibility index (Phi) is 5.53. The highest BCUT2D eigenvalue weighted by molar-refractivity contribution is 6.18. The lowest BCUT2D eigenvalue weighted by atomic mass is 10.1. The van der Waals surface area contributed by atoms with Gasteiger partial charge < -0.3 is 4.74 Å². The van der Waals surface area contributed by atoms with Crippen LogP contribution in [0.1, 0.15) is 23.1 Å². The third kappa shape index (κ3) is 4.33. The number of alkyl halides is 1. The molecule has 0 spiro atoms. The van der Waals surface area contributed by atoms with Crippen molar-refractivity contribution in [1.82, 2.24) is 0 Å². The zero-order valence-corrected chi connectivity index (χ0v) is 12.3. The second-order valence-corrected chi connectivity index (χ2v) is 4.89. The summed E-state index contributed by atoms with van der Waals surface area (Å²) < 4.78 is 5.87. The number of benzene rings is 2. The molecule has 0 unspecified atom stereocenters. The Morgan fingerprint density at radius 2 is 1.90 bits per heavy atom. The van der Waals surface area contributed by atoms with Gasteiger partial charge in [0.05, 0.1) is 5.56 Å². The van der Waals surface area contributed by atoms with E-state index in [1.807, 2.05) is 55.5 Å². The lowest BCUT2D eigenvalue weighted by Gasteiger charge is -2.09. The van der Waals surface area contributed by atoms with Crippen LogP contribution in [0.3, 0.4) is 0 Å². The van der Waals surface area contributed by atoms with Gasteiger partial charge in [-0.05, 0) is 30.2 Å². The molecule has 102 valence electrons. The molecule has 1 nitrogen and oxygen atoms in total. The van der Waals surface area contributed by atoms with Crippen LogP contribution in [0.15, 0.2) is 48.5 Å². The van der Waals surface area contributed by atoms with Gasteiger partial charge in [0.25, 0.3) is 0 Å². The third-order valence-electron chi connectivity index (χ3n) is 2.81. The smallest absolute Gasteiger partial charge is 0.135 e. The standard InChI is InChI=1S/C18H17ClO/c1-15-10-11-18(17(13-15)9-5-6-12-19)20-14-16-7-3-2-4-8-16/h2-4,7-8,10-11,13H,6,12,14H2,1H3. The first-order valence-electron chi connectivity index (χ1n) is 6.62. The summed E-state index contributed by atoms with van der Waals surface area (Å²) in [5.74, 6) is 7.56. The van der Waals surface area contributed by atoms with Crippen molar-refractivity contribution in [3.63, 3.8) is 0 Å². The molecule has 0 amide bonds. The largest absolute Gasteiger partial charge is 0.488 e. The number of aryl methyl sites for hydroxylation is 1. The van der Waals surface area contributed by atoms with Gasteiger partial charge in [0, 0.05) is 12.3 Å². The highest BCUT2D eigenvalue weighted by atomic mass is 35.5. The van der Waals surface area contributed by atoms with Crippen molar-refractivity contribution in [2.24, 2.45) is 0 Å². The first-order valence-corrected chi connectivity index (χ1v) is 7.15. The van der Waals surface area contributed by atoms with Crippen molar-refractivity contribution in [1.29, 1.82) is 0 Å². The summed E-state index contributed by atoms with van der Waals surface area (Å²) in [7, 11) is 0. The molecule has 2 heteroatoms. The Bertz CT molecular complexity index is 608. The van der Waals surface area contributed by atoms with E-state index in [2.05, 4.69) is 11.8 Å². The van der Waals surface area contributed by atoms with Crippen LogP contribution in [-0.4, -0.2) is 5.88 Å². The maximum atomic E-state index is 5.87. The van der Waals surface area contributed by atoms with Crippen LogP contribution in [0, 0.1) is 18.8 Å². The molecule has 0 aliphatic heterocycles. The van der Waals surface area contributed by atoms with Gasteiger partial charge in [-0.1, -0.05) is 48.2 Å². The molecule has 0 atom stereocenters. The fraction of sp³-hybridized carbons (Fsp3) is 0.222. The number of hydrogen-bond acceptors (Lipinski definition) is 1. The minimum Gasteiger partial charge on any atom is -0.488 e. The van der Waals surface area contributed by atoms with Gasteiger partial charge in [0.1, 0.15) is 12.4 Å². The van der Waals surface area contributed by atoms with Crippen molar-refractivity contribution in [2.75, 3.05) is 5.88 Å². The van der Waals surface area contributed by atoms with E-state index in [0.717, 1.165) is 16.9 Å². The zero-order chi connectivity index (χ0) is 14.2. The van der Waals surface area contributed by atoms with Crippen molar-refractivity contribution >= 4 is 11.6 Å². The highest BCUT2D eigenvalue weighted by Gasteiger charge is 2.02. The molecule has 0 N–H and O–H groups in total. The van der Waals surface area contributed by atoms with E-state index in [4.69, 9.17) is 16.3 Å². The summed E-state index contributed by atoms with van der Waals surface area (Å²) in [5, 5.41) is 0. The second-order valence-electron chi connectivity index (χ2n) is 4.51. The second kappa shape index (κ2) is 7.62. The predicted molar refractivity (Wildman–Crippen MR) is 84.2 cm³/mol. The molecule has 2 aromatic rings. The van der Waals surface area contributed by atoms with E-state index in [9.17, 15) is 0 Å². The van der Waals surface area contributed by atoms with Crippen LogP contribution in [0.5, 0.6) is 5.75 Å². The van der Waals surface area contributed by atoms with E-state index < -0.39 is 0 Å². The Labute approximate surface area is 125 Å². The predicted octanol–water partition coefficient (Wildman–Crippen LogP) is 4.55. The number of ether oxygens (including phenoxy) is 1. The van der Waals surface area contributed by atoms with Crippen LogP contribution in [0.4, 0.5) is 0 Å². The van der Waals surface area contributed by atoms with Crippen molar-refractivity contribution in [2.45, 2.75) is 20.0 Å². The Balaban J connectivity index is 2.13. The van der Waals surface area contributed by atoms with Gasteiger partial charge in [-0.15, -0.1) is 11.6 Å². The molecule has 2 rings (SSSR count).